The minimum Gasteiger partial charge on any atom is -0.341 e. The number of nitrogens with one attached hydrogen (secondary N) is 1. The monoisotopic (exact) mass is 338 g/mol. The van der Waals surface area contributed by atoms with Crippen molar-refractivity contribution in [1.82, 2.24) is 20.0 Å². The number of aromatic nitrogens is 2. The molecule has 5 heteroatoms. The Hall–Kier alpha value is -2.14. The highest BCUT2D eigenvalue weighted by molar-refractivity contribution is 5.83. The summed E-state index contributed by atoms with van der Waals surface area (Å²) in [5.41, 5.74) is 2.30. The molecule has 2 aromatic rings. The van der Waals surface area contributed by atoms with Crippen LogP contribution in [0, 0.1) is 0 Å². The minimum atomic E-state index is -0.162. The van der Waals surface area contributed by atoms with Gasteiger partial charge in [-0.05, 0) is 43.9 Å². The third kappa shape index (κ3) is 3.47. The van der Waals surface area contributed by atoms with Crippen LogP contribution in [-0.2, 0) is 4.79 Å². The maximum atomic E-state index is 13.3. The van der Waals surface area contributed by atoms with Crippen LogP contribution in [0.25, 0.3) is 0 Å². The Bertz CT molecular complexity index is 679. The van der Waals surface area contributed by atoms with Crippen molar-refractivity contribution in [2.24, 2.45) is 0 Å². The molecule has 25 heavy (non-hydrogen) atoms. The first-order valence-corrected chi connectivity index (χ1v) is 9.40. The fraction of sp³-hybridized carbons (Fsp3) is 0.500. The van der Waals surface area contributed by atoms with Gasteiger partial charge in [-0.2, -0.15) is 5.10 Å². The maximum absolute atomic E-state index is 13.3. The van der Waals surface area contributed by atoms with Gasteiger partial charge in [-0.1, -0.05) is 30.3 Å². The molecule has 0 spiro atoms. The van der Waals surface area contributed by atoms with Crippen LogP contribution in [0.4, 0.5) is 0 Å². The topological polar surface area (TPSA) is 52.2 Å². The van der Waals surface area contributed by atoms with Crippen molar-refractivity contribution in [2.75, 3.05) is 26.2 Å². The van der Waals surface area contributed by atoms with E-state index in [0.717, 1.165) is 57.4 Å². The summed E-state index contributed by atoms with van der Waals surface area (Å²) >= 11 is 0. The van der Waals surface area contributed by atoms with E-state index in [1.54, 1.807) is 0 Å². The third-order valence-electron chi connectivity index (χ3n) is 5.55. The number of aromatic amines is 1. The van der Waals surface area contributed by atoms with Gasteiger partial charge in [-0.3, -0.25) is 14.8 Å². The van der Waals surface area contributed by atoms with E-state index >= 15 is 0 Å². The van der Waals surface area contributed by atoms with Gasteiger partial charge in [0.05, 0.1) is 0 Å². The molecule has 5 nitrogen and oxygen atoms in total. The van der Waals surface area contributed by atoms with E-state index in [2.05, 4.69) is 38.2 Å². The summed E-state index contributed by atoms with van der Waals surface area (Å²) in [5, 5.41) is 7.22. The molecule has 3 heterocycles. The number of amides is 1. The number of benzene rings is 1. The Morgan fingerprint density at radius 2 is 1.88 bits per heavy atom. The molecule has 1 aromatic carbocycles. The van der Waals surface area contributed by atoms with Crippen molar-refractivity contribution in [2.45, 2.75) is 37.6 Å². The maximum Gasteiger partial charge on any atom is 0.244 e. The molecular formula is C20H26N4O. The van der Waals surface area contributed by atoms with Crippen molar-refractivity contribution in [1.29, 1.82) is 0 Å². The molecule has 2 atom stereocenters. The lowest BCUT2D eigenvalue weighted by Gasteiger charge is -2.38. The van der Waals surface area contributed by atoms with Crippen molar-refractivity contribution in [3.63, 3.8) is 0 Å². The van der Waals surface area contributed by atoms with Crippen molar-refractivity contribution >= 4 is 5.91 Å². The molecule has 0 aliphatic carbocycles. The normalized spacial score (nSPS) is 22.9. The largest absolute Gasteiger partial charge is 0.341 e. The van der Waals surface area contributed by atoms with Crippen molar-refractivity contribution in [3.8, 4) is 0 Å². The first-order chi connectivity index (χ1) is 12.3. The standard InChI is InChI=1S/C20H26N4O/c25-20(23-12-4-5-13-23)19(16-7-2-1-3-8-16)24-14-6-9-17(15-24)18-10-11-21-22-18/h1-3,7-8,10-11,17,19H,4-6,9,12-15H2,(H,21,22). The Kier molecular flexibility index (Phi) is 4.83. The highest BCUT2D eigenvalue weighted by Crippen LogP contribution is 2.33. The van der Waals surface area contributed by atoms with Gasteiger partial charge in [-0.25, -0.2) is 0 Å². The number of hydrogen-bond acceptors (Lipinski definition) is 3. The summed E-state index contributed by atoms with van der Waals surface area (Å²) in [5.74, 6) is 0.697. The second kappa shape index (κ2) is 7.40. The molecule has 2 unspecified atom stereocenters. The number of hydrogen-bond donors (Lipinski definition) is 1. The fourth-order valence-electron chi connectivity index (χ4n) is 4.24. The molecule has 0 bridgehead atoms. The van der Waals surface area contributed by atoms with Crippen LogP contribution < -0.4 is 0 Å². The number of carbonyl (C=O) groups is 1. The van der Waals surface area contributed by atoms with Crippen LogP contribution in [-0.4, -0.2) is 52.1 Å². The van der Waals surface area contributed by atoms with E-state index in [4.69, 9.17) is 0 Å². The zero-order valence-corrected chi connectivity index (χ0v) is 14.6. The quantitative estimate of drug-likeness (QED) is 0.932. The van der Waals surface area contributed by atoms with E-state index in [1.165, 1.54) is 5.69 Å². The molecule has 1 amide bonds. The molecule has 1 N–H and O–H groups in total. The van der Waals surface area contributed by atoms with Gasteiger partial charge in [0.15, 0.2) is 0 Å². The molecule has 1 aromatic heterocycles. The summed E-state index contributed by atoms with van der Waals surface area (Å²) in [6.07, 6.45) is 6.34. The van der Waals surface area contributed by atoms with Gasteiger partial charge < -0.3 is 4.90 Å². The molecule has 132 valence electrons. The summed E-state index contributed by atoms with van der Waals surface area (Å²) in [4.78, 5) is 17.7. The smallest absolute Gasteiger partial charge is 0.244 e. The van der Waals surface area contributed by atoms with Crippen LogP contribution in [0.1, 0.15) is 48.9 Å². The lowest BCUT2D eigenvalue weighted by Crippen LogP contribution is -2.45. The number of H-pyrrole nitrogens is 1. The highest BCUT2D eigenvalue weighted by atomic mass is 16.2. The van der Waals surface area contributed by atoms with Gasteiger partial charge in [0.1, 0.15) is 6.04 Å². The molecule has 0 radical (unpaired) electrons. The summed E-state index contributed by atoms with van der Waals surface area (Å²) in [6, 6.07) is 12.2. The molecule has 2 aliphatic rings. The van der Waals surface area contributed by atoms with Crippen LogP contribution in [0.15, 0.2) is 42.6 Å². The van der Waals surface area contributed by atoms with E-state index in [0.29, 0.717) is 5.92 Å². The van der Waals surface area contributed by atoms with Gasteiger partial charge in [0.2, 0.25) is 5.91 Å². The average molecular weight is 338 g/mol. The highest BCUT2D eigenvalue weighted by Gasteiger charge is 2.35. The number of nitrogens with zero attached hydrogens (tertiary/aromatic N) is 3. The first-order valence-electron chi connectivity index (χ1n) is 9.40. The van der Waals surface area contributed by atoms with Crippen LogP contribution >= 0.6 is 0 Å². The van der Waals surface area contributed by atoms with Gasteiger partial charge in [0, 0.05) is 37.4 Å². The Morgan fingerprint density at radius 1 is 1.08 bits per heavy atom. The summed E-state index contributed by atoms with van der Waals surface area (Å²) in [6.45, 7) is 3.69. The average Bonchev–Trinajstić information content (AvgIpc) is 3.37. The minimum absolute atomic E-state index is 0.162. The Morgan fingerprint density at radius 3 is 2.60 bits per heavy atom. The molecular weight excluding hydrogens is 312 g/mol. The van der Waals surface area contributed by atoms with Crippen molar-refractivity contribution < 1.29 is 4.79 Å². The molecule has 0 saturated carbocycles. The Balaban J connectivity index is 1.59. The van der Waals surface area contributed by atoms with Crippen LogP contribution in [0.3, 0.4) is 0 Å². The number of rotatable bonds is 4. The van der Waals surface area contributed by atoms with Gasteiger partial charge >= 0.3 is 0 Å². The zero-order chi connectivity index (χ0) is 17.1. The second-order valence-electron chi connectivity index (χ2n) is 7.19. The lowest BCUT2D eigenvalue weighted by molar-refractivity contribution is -0.136. The Labute approximate surface area is 149 Å². The van der Waals surface area contributed by atoms with Gasteiger partial charge in [-0.15, -0.1) is 0 Å². The fourth-order valence-corrected chi connectivity index (χ4v) is 4.24. The van der Waals surface area contributed by atoms with E-state index in [1.807, 2.05) is 24.4 Å². The lowest BCUT2D eigenvalue weighted by atomic mass is 9.92. The molecule has 2 aliphatic heterocycles. The van der Waals surface area contributed by atoms with Crippen molar-refractivity contribution in [3.05, 3.63) is 53.9 Å². The number of carbonyl (C=O) groups excluding carboxylic acids is 1. The third-order valence-corrected chi connectivity index (χ3v) is 5.55. The first kappa shape index (κ1) is 16.3. The predicted molar refractivity (Wildman–Crippen MR) is 97.1 cm³/mol. The summed E-state index contributed by atoms with van der Waals surface area (Å²) < 4.78 is 0. The summed E-state index contributed by atoms with van der Waals surface area (Å²) in [7, 11) is 0. The SMILES string of the molecule is O=C(C(c1ccccc1)N1CCCC(c2ccn[nH]2)C1)N1CCCC1. The second-order valence-corrected chi connectivity index (χ2v) is 7.19. The predicted octanol–water partition coefficient (Wildman–Crippen LogP) is 2.95. The van der Waals surface area contributed by atoms with E-state index in [9.17, 15) is 4.79 Å². The van der Waals surface area contributed by atoms with Gasteiger partial charge in [0.25, 0.3) is 0 Å². The van der Waals surface area contributed by atoms with Crippen LogP contribution in [0.5, 0.6) is 0 Å². The van der Waals surface area contributed by atoms with E-state index < -0.39 is 0 Å². The molecule has 2 fully saturated rings. The van der Waals surface area contributed by atoms with Crippen LogP contribution in [0.2, 0.25) is 0 Å². The number of likely N-dealkylation sites (tertiary alicyclic amines) is 2. The molecule has 4 rings (SSSR count). The number of piperidine rings is 1. The molecule has 2 saturated heterocycles. The van der Waals surface area contributed by atoms with E-state index in [-0.39, 0.29) is 11.9 Å². The zero-order valence-electron chi connectivity index (χ0n) is 14.6.